The summed E-state index contributed by atoms with van der Waals surface area (Å²) in [5, 5.41) is 0. The van der Waals surface area contributed by atoms with Gasteiger partial charge in [-0.05, 0) is 29.3 Å². The molecule has 0 atom stereocenters. The monoisotopic (exact) mass is 271 g/mol. The molecule has 0 fully saturated rings. The third-order valence-electron chi connectivity index (χ3n) is 2.36. The van der Waals surface area contributed by atoms with E-state index in [0.29, 0.717) is 13.2 Å². The summed E-state index contributed by atoms with van der Waals surface area (Å²) in [7, 11) is 0. The van der Waals surface area contributed by atoms with Gasteiger partial charge in [0.2, 0.25) is 0 Å². The number of rotatable bonds is 5. The maximum absolute atomic E-state index is 12.0. The molecule has 0 unspecified atom stereocenters. The molecule has 6 heteroatoms. The van der Waals surface area contributed by atoms with E-state index in [1.54, 1.807) is 6.20 Å². The average molecular weight is 271 g/mol. The zero-order valence-corrected chi connectivity index (χ0v) is 9.91. The summed E-state index contributed by atoms with van der Waals surface area (Å²) in [6, 6.07) is 7.50. The average Bonchev–Trinajstić information content (AvgIpc) is 2.82. The van der Waals surface area contributed by atoms with E-state index in [-0.39, 0.29) is 5.75 Å². The zero-order chi connectivity index (χ0) is 13.7. The van der Waals surface area contributed by atoms with Gasteiger partial charge in [0.15, 0.2) is 0 Å². The molecule has 0 amide bonds. The maximum atomic E-state index is 12.0. The highest BCUT2D eigenvalue weighted by Gasteiger charge is 2.30. The lowest BCUT2D eigenvalue weighted by Gasteiger charge is -2.09. The number of hydrogen-bond acceptors (Lipinski definition) is 2. The number of nitrogens with one attached hydrogen (secondary N) is 1. The van der Waals surface area contributed by atoms with Crippen molar-refractivity contribution < 1.29 is 22.6 Å². The summed E-state index contributed by atoms with van der Waals surface area (Å²) in [5.74, 6) is -0.234. The Morgan fingerprint density at radius 3 is 2.21 bits per heavy atom. The Balaban J connectivity index is 1.81. The van der Waals surface area contributed by atoms with Gasteiger partial charge in [-0.3, -0.25) is 0 Å². The highest BCUT2D eigenvalue weighted by Crippen LogP contribution is 2.22. The third kappa shape index (κ3) is 4.67. The predicted octanol–water partition coefficient (Wildman–Crippen LogP) is 3.63. The van der Waals surface area contributed by atoms with Crippen molar-refractivity contribution in [1.29, 1.82) is 0 Å². The van der Waals surface area contributed by atoms with Crippen LogP contribution in [0.3, 0.4) is 0 Å². The highest BCUT2D eigenvalue weighted by atomic mass is 19.4. The molecule has 0 bridgehead atoms. The highest BCUT2D eigenvalue weighted by molar-refractivity contribution is 5.27. The van der Waals surface area contributed by atoms with Gasteiger partial charge in [0, 0.05) is 12.4 Å². The topological polar surface area (TPSA) is 34.2 Å². The number of hydrogen-bond donors (Lipinski definition) is 1. The first-order valence-electron chi connectivity index (χ1n) is 5.57. The molecule has 0 saturated carbocycles. The molecular formula is C13H12F3NO2. The lowest BCUT2D eigenvalue weighted by Crippen LogP contribution is -2.17. The molecule has 0 spiro atoms. The SMILES string of the molecule is FC(F)(F)Oc1ccc(COCc2cc[nH]c2)cc1. The maximum Gasteiger partial charge on any atom is 0.573 e. The van der Waals surface area contributed by atoms with Crippen LogP contribution >= 0.6 is 0 Å². The van der Waals surface area contributed by atoms with Crippen LogP contribution in [0.1, 0.15) is 11.1 Å². The molecule has 2 aromatic rings. The summed E-state index contributed by atoms with van der Waals surface area (Å²) in [6.07, 6.45) is -1.05. The van der Waals surface area contributed by atoms with Crippen LogP contribution in [0.5, 0.6) is 5.75 Å². The van der Waals surface area contributed by atoms with Gasteiger partial charge in [-0.15, -0.1) is 13.2 Å². The van der Waals surface area contributed by atoms with Crippen molar-refractivity contribution in [2.75, 3.05) is 0 Å². The third-order valence-corrected chi connectivity index (χ3v) is 2.36. The van der Waals surface area contributed by atoms with E-state index in [1.807, 2.05) is 12.3 Å². The quantitative estimate of drug-likeness (QED) is 0.901. The van der Waals surface area contributed by atoms with E-state index in [0.717, 1.165) is 11.1 Å². The van der Waals surface area contributed by atoms with Gasteiger partial charge < -0.3 is 14.5 Å². The minimum absolute atomic E-state index is 0.234. The number of aromatic amines is 1. The first-order chi connectivity index (χ1) is 9.03. The lowest BCUT2D eigenvalue weighted by atomic mass is 10.2. The van der Waals surface area contributed by atoms with Crippen molar-refractivity contribution >= 4 is 0 Å². The Bertz CT molecular complexity index is 492. The second kappa shape index (κ2) is 5.79. The van der Waals surface area contributed by atoms with Crippen molar-refractivity contribution in [2.45, 2.75) is 19.6 Å². The molecule has 1 aromatic carbocycles. The fourth-order valence-corrected chi connectivity index (χ4v) is 1.52. The molecule has 0 aliphatic rings. The number of aromatic nitrogens is 1. The van der Waals surface area contributed by atoms with Gasteiger partial charge in [-0.2, -0.15) is 0 Å². The van der Waals surface area contributed by atoms with E-state index < -0.39 is 6.36 Å². The molecule has 1 N–H and O–H groups in total. The van der Waals surface area contributed by atoms with Gasteiger partial charge in [0.1, 0.15) is 5.75 Å². The van der Waals surface area contributed by atoms with Crippen LogP contribution in [0.2, 0.25) is 0 Å². The second-order valence-electron chi connectivity index (χ2n) is 3.90. The fourth-order valence-electron chi connectivity index (χ4n) is 1.52. The Morgan fingerprint density at radius 2 is 1.63 bits per heavy atom. The molecular weight excluding hydrogens is 259 g/mol. The second-order valence-corrected chi connectivity index (χ2v) is 3.90. The number of halogens is 3. The van der Waals surface area contributed by atoms with Crippen molar-refractivity contribution in [1.82, 2.24) is 4.98 Å². The summed E-state index contributed by atoms with van der Waals surface area (Å²) >= 11 is 0. The lowest BCUT2D eigenvalue weighted by molar-refractivity contribution is -0.274. The first kappa shape index (κ1) is 13.5. The van der Waals surface area contributed by atoms with E-state index in [1.165, 1.54) is 24.3 Å². The molecule has 0 saturated heterocycles. The molecule has 19 heavy (non-hydrogen) atoms. The van der Waals surface area contributed by atoms with Crippen LogP contribution in [0.25, 0.3) is 0 Å². The summed E-state index contributed by atoms with van der Waals surface area (Å²) in [5.41, 5.74) is 1.79. The van der Waals surface area contributed by atoms with Gasteiger partial charge in [0.05, 0.1) is 13.2 Å². The minimum atomic E-state index is -4.66. The standard InChI is InChI=1S/C13H12F3NO2/c14-13(15,16)19-12-3-1-10(2-4-12)8-18-9-11-5-6-17-7-11/h1-7,17H,8-9H2. The molecule has 0 radical (unpaired) electrons. The van der Waals surface area contributed by atoms with Crippen LogP contribution < -0.4 is 4.74 Å². The fraction of sp³-hybridized carbons (Fsp3) is 0.231. The molecule has 1 heterocycles. The number of ether oxygens (including phenoxy) is 2. The Morgan fingerprint density at radius 1 is 0.947 bits per heavy atom. The predicted molar refractivity (Wildman–Crippen MR) is 62.4 cm³/mol. The van der Waals surface area contributed by atoms with E-state index in [2.05, 4.69) is 9.72 Å². The van der Waals surface area contributed by atoms with Crippen LogP contribution in [0.4, 0.5) is 13.2 Å². The summed E-state index contributed by atoms with van der Waals surface area (Å²) in [4.78, 5) is 2.90. The summed E-state index contributed by atoms with van der Waals surface area (Å²) in [6.45, 7) is 0.780. The van der Waals surface area contributed by atoms with Crippen LogP contribution in [0.15, 0.2) is 42.7 Å². The van der Waals surface area contributed by atoms with Gasteiger partial charge in [0.25, 0.3) is 0 Å². The number of benzene rings is 1. The van der Waals surface area contributed by atoms with E-state index in [9.17, 15) is 13.2 Å². The van der Waals surface area contributed by atoms with E-state index in [4.69, 9.17) is 4.74 Å². The normalized spacial score (nSPS) is 11.5. The minimum Gasteiger partial charge on any atom is -0.406 e. The Hall–Kier alpha value is -1.95. The molecule has 1 aromatic heterocycles. The van der Waals surface area contributed by atoms with Crippen molar-refractivity contribution in [3.05, 3.63) is 53.9 Å². The van der Waals surface area contributed by atoms with Crippen LogP contribution in [-0.2, 0) is 18.0 Å². The number of H-pyrrole nitrogens is 1. The van der Waals surface area contributed by atoms with Crippen molar-refractivity contribution in [3.8, 4) is 5.75 Å². The molecule has 102 valence electrons. The largest absolute Gasteiger partial charge is 0.573 e. The molecule has 3 nitrogen and oxygen atoms in total. The van der Waals surface area contributed by atoms with Crippen LogP contribution in [-0.4, -0.2) is 11.3 Å². The Labute approximate surface area is 108 Å². The van der Waals surface area contributed by atoms with Crippen LogP contribution in [0, 0.1) is 0 Å². The molecule has 0 aliphatic heterocycles. The van der Waals surface area contributed by atoms with Gasteiger partial charge in [-0.25, -0.2) is 0 Å². The molecule has 2 rings (SSSR count). The summed E-state index contributed by atoms with van der Waals surface area (Å²) < 4.78 is 45.1. The molecule has 0 aliphatic carbocycles. The smallest absolute Gasteiger partial charge is 0.406 e. The van der Waals surface area contributed by atoms with Gasteiger partial charge in [-0.1, -0.05) is 12.1 Å². The first-order valence-corrected chi connectivity index (χ1v) is 5.57. The van der Waals surface area contributed by atoms with E-state index >= 15 is 0 Å². The van der Waals surface area contributed by atoms with Crippen molar-refractivity contribution in [2.24, 2.45) is 0 Å². The van der Waals surface area contributed by atoms with Gasteiger partial charge >= 0.3 is 6.36 Å². The zero-order valence-electron chi connectivity index (χ0n) is 9.91. The Kier molecular flexibility index (Phi) is 4.11. The van der Waals surface area contributed by atoms with Crippen molar-refractivity contribution in [3.63, 3.8) is 0 Å². The number of alkyl halides is 3.